The third kappa shape index (κ3) is 5.70. The Morgan fingerprint density at radius 3 is 2.18 bits per heavy atom. The van der Waals surface area contributed by atoms with Gasteiger partial charge in [-0.25, -0.2) is 0 Å². The summed E-state index contributed by atoms with van der Waals surface area (Å²) in [6, 6.07) is 7.11. The molecule has 0 heterocycles. The lowest BCUT2D eigenvalue weighted by Crippen LogP contribution is -1.89. The molecule has 0 aliphatic heterocycles. The standard InChI is InChI=1S/C6H6ClN.C2H7N/c7-5-2-1-3-6(8)4-5;1-3-2/h1-4H,8H2;3H,1-2H3. The molecule has 0 aliphatic rings. The van der Waals surface area contributed by atoms with Crippen LogP contribution in [-0.2, 0) is 0 Å². The Balaban J connectivity index is 0.000000292. The molecule has 0 aliphatic carbocycles. The van der Waals surface area contributed by atoms with Crippen LogP contribution in [0.3, 0.4) is 0 Å². The molecule has 3 N–H and O–H groups in total. The lowest BCUT2D eigenvalue weighted by molar-refractivity contribution is 1.02. The molecule has 0 saturated heterocycles. The third-order valence-electron chi connectivity index (χ3n) is 0.849. The van der Waals surface area contributed by atoms with E-state index >= 15 is 0 Å². The number of anilines is 1. The largest absolute Gasteiger partial charge is 0.399 e. The topological polar surface area (TPSA) is 38.0 Å². The second-order valence-electron chi connectivity index (χ2n) is 2.06. The van der Waals surface area contributed by atoms with E-state index in [9.17, 15) is 0 Å². The fourth-order valence-corrected chi connectivity index (χ4v) is 0.705. The van der Waals surface area contributed by atoms with Crippen LogP contribution in [0.5, 0.6) is 0 Å². The number of hydrogen-bond acceptors (Lipinski definition) is 2. The Kier molecular flexibility index (Phi) is 5.61. The van der Waals surface area contributed by atoms with Gasteiger partial charge in [0.15, 0.2) is 0 Å². The van der Waals surface area contributed by atoms with E-state index in [1.807, 2.05) is 20.2 Å². The number of nitrogens with two attached hydrogens (primary N) is 1. The van der Waals surface area contributed by atoms with Crippen molar-refractivity contribution in [1.29, 1.82) is 0 Å². The van der Waals surface area contributed by atoms with E-state index in [0.29, 0.717) is 10.7 Å². The zero-order valence-electron chi connectivity index (χ0n) is 6.76. The number of rotatable bonds is 0. The summed E-state index contributed by atoms with van der Waals surface area (Å²) >= 11 is 5.56. The van der Waals surface area contributed by atoms with Gasteiger partial charge in [0, 0.05) is 10.7 Å². The van der Waals surface area contributed by atoms with E-state index in [-0.39, 0.29) is 0 Å². The molecular formula is C8H13ClN2. The van der Waals surface area contributed by atoms with Gasteiger partial charge in [0.1, 0.15) is 0 Å². The van der Waals surface area contributed by atoms with Gasteiger partial charge in [-0.05, 0) is 32.3 Å². The first-order valence-corrected chi connectivity index (χ1v) is 3.68. The zero-order chi connectivity index (χ0) is 8.69. The average molecular weight is 173 g/mol. The molecule has 0 aromatic heterocycles. The molecule has 2 nitrogen and oxygen atoms in total. The highest BCUT2D eigenvalue weighted by molar-refractivity contribution is 6.30. The summed E-state index contributed by atoms with van der Waals surface area (Å²) in [5.74, 6) is 0. The predicted molar refractivity (Wildman–Crippen MR) is 50.8 cm³/mol. The van der Waals surface area contributed by atoms with Gasteiger partial charge in [-0.1, -0.05) is 17.7 Å². The molecule has 0 saturated carbocycles. The molecule has 0 unspecified atom stereocenters. The maximum absolute atomic E-state index is 5.56. The van der Waals surface area contributed by atoms with Gasteiger partial charge in [0.25, 0.3) is 0 Å². The summed E-state index contributed by atoms with van der Waals surface area (Å²) in [6.07, 6.45) is 0. The number of nitrogens with one attached hydrogen (secondary N) is 1. The van der Waals surface area contributed by atoms with Crippen molar-refractivity contribution in [2.75, 3.05) is 19.8 Å². The van der Waals surface area contributed by atoms with Crippen LogP contribution < -0.4 is 11.1 Å². The Labute approximate surface area is 72.4 Å². The Bertz CT molecular complexity index is 184. The molecule has 1 rings (SSSR count). The minimum Gasteiger partial charge on any atom is -0.399 e. The molecule has 0 fully saturated rings. The second kappa shape index (κ2) is 6.01. The van der Waals surface area contributed by atoms with Crippen molar-refractivity contribution in [2.45, 2.75) is 0 Å². The van der Waals surface area contributed by atoms with Crippen molar-refractivity contribution in [3.05, 3.63) is 29.3 Å². The summed E-state index contributed by atoms with van der Waals surface area (Å²) < 4.78 is 0. The molecule has 0 spiro atoms. The van der Waals surface area contributed by atoms with E-state index in [1.165, 1.54) is 0 Å². The molecule has 62 valence electrons. The van der Waals surface area contributed by atoms with Crippen LogP contribution in [-0.4, -0.2) is 14.1 Å². The maximum atomic E-state index is 5.56. The van der Waals surface area contributed by atoms with Crippen molar-refractivity contribution in [3.63, 3.8) is 0 Å². The summed E-state index contributed by atoms with van der Waals surface area (Å²) in [5, 5.41) is 3.44. The Morgan fingerprint density at radius 1 is 1.36 bits per heavy atom. The highest BCUT2D eigenvalue weighted by Gasteiger charge is 1.83. The van der Waals surface area contributed by atoms with Crippen LogP contribution >= 0.6 is 11.6 Å². The average Bonchev–Trinajstić information content (AvgIpc) is 1.88. The Hall–Kier alpha value is -0.730. The maximum Gasteiger partial charge on any atom is 0.0426 e. The quantitative estimate of drug-likeness (QED) is 0.586. The predicted octanol–water partition coefficient (Wildman–Crippen LogP) is 1.76. The summed E-state index contributed by atoms with van der Waals surface area (Å²) in [4.78, 5) is 0. The SMILES string of the molecule is CNC.Nc1cccc(Cl)c1. The van der Waals surface area contributed by atoms with Crippen molar-refractivity contribution < 1.29 is 0 Å². The van der Waals surface area contributed by atoms with Gasteiger partial charge in [-0.2, -0.15) is 0 Å². The lowest BCUT2D eigenvalue weighted by atomic mass is 10.3. The first-order valence-electron chi connectivity index (χ1n) is 3.30. The molecule has 1 aromatic carbocycles. The van der Waals surface area contributed by atoms with Crippen LogP contribution in [0.15, 0.2) is 24.3 Å². The molecular weight excluding hydrogens is 160 g/mol. The van der Waals surface area contributed by atoms with Crippen LogP contribution in [0.4, 0.5) is 5.69 Å². The monoisotopic (exact) mass is 172 g/mol. The van der Waals surface area contributed by atoms with Crippen LogP contribution in [0.2, 0.25) is 5.02 Å². The van der Waals surface area contributed by atoms with E-state index in [4.69, 9.17) is 17.3 Å². The molecule has 0 atom stereocenters. The van der Waals surface area contributed by atoms with E-state index in [0.717, 1.165) is 0 Å². The van der Waals surface area contributed by atoms with Gasteiger partial charge >= 0.3 is 0 Å². The summed E-state index contributed by atoms with van der Waals surface area (Å²) in [6.45, 7) is 0. The molecule has 0 radical (unpaired) electrons. The summed E-state index contributed by atoms with van der Waals surface area (Å²) in [7, 11) is 3.75. The van der Waals surface area contributed by atoms with Gasteiger partial charge < -0.3 is 11.1 Å². The van der Waals surface area contributed by atoms with E-state index in [1.54, 1.807) is 18.2 Å². The molecule has 1 aromatic rings. The number of benzene rings is 1. The second-order valence-corrected chi connectivity index (χ2v) is 2.49. The molecule has 0 amide bonds. The number of hydrogen-bond donors (Lipinski definition) is 2. The van der Waals surface area contributed by atoms with Crippen molar-refractivity contribution in [2.24, 2.45) is 0 Å². The van der Waals surface area contributed by atoms with Crippen LogP contribution in [0, 0.1) is 0 Å². The molecule has 11 heavy (non-hydrogen) atoms. The minimum atomic E-state index is 0.685. The minimum absolute atomic E-state index is 0.685. The molecule has 3 heteroatoms. The third-order valence-corrected chi connectivity index (χ3v) is 1.08. The van der Waals surface area contributed by atoms with E-state index < -0.39 is 0 Å². The Morgan fingerprint density at radius 2 is 1.91 bits per heavy atom. The highest BCUT2D eigenvalue weighted by Crippen LogP contribution is 2.10. The zero-order valence-corrected chi connectivity index (χ0v) is 7.52. The first-order chi connectivity index (χ1) is 5.20. The van der Waals surface area contributed by atoms with Crippen molar-refractivity contribution in [3.8, 4) is 0 Å². The van der Waals surface area contributed by atoms with Gasteiger partial charge in [-0.3, -0.25) is 0 Å². The van der Waals surface area contributed by atoms with Gasteiger partial charge in [-0.15, -0.1) is 0 Å². The molecule has 0 bridgehead atoms. The summed E-state index contributed by atoms with van der Waals surface area (Å²) in [5.41, 5.74) is 6.08. The van der Waals surface area contributed by atoms with Crippen LogP contribution in [0.1, 0.15) is 0 Å². The fourth-order valence-electron chi connectivity index (χ4n) is 0.507. The smallest absolute Gasteiger partial charge is 0.0426 e. The fraction of sp³-hybridized carbons (Fsp3) is 0.250. The van der Waals surface area contributed by atoms with Crippen molar-refractivity contribution in [1.82, 2.24) is 5.32 Å². The first kappa shape index (κ1) is 10.3. The highest BCUT2D eigenvalue weighted by atomic mass is 35.5. The number of nitrogen functional groups attached to an aromatic ring is 1. The lowest BCUT2D eigenvalue weighted by Gasteiger charge is -1.89. The van der Waals surface area contributed by atoms with Gasteiger partial charge in [0.05, 0.1) is 0 Å². The normalized spacial score (nSPS) is 8.27. The number of halogens is 1. The van der Waals surface area contributed by atoms with Crippen molar-refractivity contribution >= 4 is 17.3 Å². The van der Waals surface area contributed by atoms with Crippen LogP contribution in [0.25, 0.3) is 0 Å². The van der Waals surface area contributed by atoms with Gasteiger partial charge in [0.2, 0.25) is 0 Å². The van der Waals surface area contributed by atoms with E-state index in [2.05, 4.69) is 5.32 Å².